The Labute approximate surface area is 104 Å². The van der Waals surface area contributed by atoms with Crippen molar-refractivity contribution in [3.05, 3.63) is 29.3 Å². The number of phenolic OH excluding ortho intramolecular Hbond substituents is 1. The van der Waals surface area contributed by atoms with E-state index < -0.39 is 0 Å². The third-order valence-electron chi connectivity index (χ3n) is 3.61. The first-order chi connectivity index (χ1) is 8.15. The number of likely N-dealkylation sites (tertiary alicyclic amines) is 1. The van der Waals surface area contributed by atoms with E-state index in [9.17, 15) is 5.11 Å². The molecule has 17 heavy (non-hydrogen) atoms. The van der Waals surface area contributed by atoms with Gasteiger partial charge in [-0.05, 0) is 62.4 Å². The van der Waals surface area contributed by atoms with Crippen LogP contribution in [0.3, 0.4) is 0 Å². The van der Waals surface area contributed by atoms with E-state index in [4.69, 9.17) is 0 Å². The van der Waals surface area contributed by atoms with Gasteiger partial charge in [-0.1, -0.05) is 19.1 Å². The lowest BCUT2D eigenvalue weighted by Crippen LogP contribution is -2.26. The van der Waals surface area contributed by atoms with Crippen molar-refractivity contribution in [2.75, 3.05) is 19.6 Å². The highest BCUT2D eigenvalue weighted by Gasteiger charge is 2.14. The zero-order chi connectivity index (χ0) is 12.3. The minimum atomic E-state index is 0.404. The van der Waals surface area contributed by atoms with Crippen LogP contribution in [0.25, 0.3) is 0 Å². The lowest BCUT2D eigenvalue weighted by molar-refractivity contribution is 0.287. The number of aromatic hydroxyl groups is 1. The largest absolute Gasteiger partial charge is 0.508 e. The van der Waals surface area contributed by atoms with Crippen LogP contribution in [0.2, 0.25) is 0 Å². The first-order valence-electron chi connectivity index (χ1n) is 6.66. The molecule has 1 atom stereocenters. The van der Waals surface area contributed by atoms with Gasteiger partial charge in [-0.25, -0.2) is 0 Å². The highest BCUT2D eigenvalue weighted by molar-refractivity contribution is 5.35. The van der Waals surface area contributed by atoms with Gasteiger partial charge in [0.15, 0.2) is 0 Å². The van der Waals surface area contributed by atoms with E-state index in [2.05, 4.69) is 17.9 Å². The first kappa shape index (κ1) is 12.4. The summed E-state index contributed by atoms with van der Waals surface area (Å²) in [4.78, 5) is 2.57. The molecule has 2 nitrogen and oxygen atoms in total. The molecule has 0 saturated carbocycles. The van der Waals surface area contributed by atoms with Gasteiger partial charge in [-0.15, -0.1) is 0 Å². The van der Waals surface area contributed by atoms with Crippen LogP contribution in [0.1, 0.15) is 30.9 Å². The Bertz CT molecular complexity index is 369. The Kier molecular flexibility index (Phi) is 4.06. The van der Waals surface area contributed by atoms with E-state index >= 15 is 0 Å². The zero-order valence-electron chi connectivity index (χ0n) is 10.9. The molecule has 94 valence electrons. The van der Waals surface area contributed by atoms with Crippen molar-refractivity contribution in [1.82, 2.24) is 4.90 Å². The molecule has 0 amide bonds. The summed E-state index contributed by atoms with van der Waals surface area (Å²) in [6.07, 6.45) is 3.84. The fraction of sp³-hybridized carbons (Fsp3) is 0.600. The van der Waals surface area contributed by atoms with Gasteiger partial charge >= 0.3 is 0 Å². The summed E-state index contributed by atoms with van der Waals surface area (Å²) in [5, 5.41) is 9.50. The summed E-state index contributed by atoms with van der Waals surface area (Å²) in [6.45, 7) is 8.04. The molecule has 1 aliphatic heterocycles. The van der Waals surface area contributed by atoms with Crippen LogP contribution in [0.4, 0.5) is 0 Å². The molecule has 2 rings (SSSR count). The van der Waals surface area contributed by atoms with Crippen molar-refractivity contribution in [1.29, 1.82) is 0 Å². The maximum atomic E-state index is 9.50. The van der Waals surface area contributed by atoms with Gasteiger partial charge in [-0.2, -0.15) is 0 Å². The third-order valence-corrected chi connectivity index (χ3v) is 3.61. The molecule has 0 aliphatic carbocycles. The first-order valence-corrected chi connectivity index (χ1v) is 6.66. The Balaban J connectivity index is 1.88. The molecule has 1 saturated heterocycles. The van der Waals surface area contributed by atoms with Crippen LogP contribution in [-0.2, 0) is 6.42 Å². The number of hydrogen-bond acceptors (Lipinski definition) is 2. The van der Waals surface area contributed by atoms with Crippen LogP contribution in [0.5, 0.6) is 5.75 Å². The Morgan fingerprint density at radius 2 is 2.00 bits per heavy atom. The van der Waals surface area contributed by atoms with Gasteiger partial charge in [0, 0.05) is 6.54 Å². The summed E-state index contributed by atoms with van der Waals surface area (Å²) in [5.74, 6) is 1.10. The second-order valence-corrected chi connectivity index (χ2v) is 5.44. The van der Waals surface area contributed by atoms with Gasteiger partial charge in [0.05, 0.1) is 0 Å². The van der Waals surface area contributed by atoms with Crippen molar-refractivity contribution < 1.29 is 5.11 Å². The van der Waals surface area contributed by atoms with Crippen LogP contribution in [0.15, 0.2) is 18.2 Å². The standard InChI is InChI=1S/C15H23NO/c1-12(11-16-7-3-4-8-16)9-14-5-6-15(17)13(2)10-14/h5-6,10,12,17H,3-4,7-9,11H2,1-2H3. The second kappa shape index (κ2) is 5.54. The normalized spacial score (nSPS) is 18.5. The number of phenols is 1. The van der Waals surface area contributed by atoms with E-state index in [1.54, 1.807) is 0 Å². The van der Waals surface area contributed by atoms with Crippen molar-refractivity contribution in [2.24, 2.45) is 5.92 Å². The number of hydrogen-bond donors (Lipinski definition) is 1. The lowest BCUT2D eigenvalue weighted by Gasteiger charge is -2.20. The van der Waals surface area contributed by atoms with E-state index in [1.165, 1.54) is 38.0 Å². The predicted octanol–water partition coefficient (Wildman–Crippen LogP) is 2.98. The van der Waals surface area contributed by atoms with Crippen molar-refractivity contribution >= 4 is 0 Å². The Hall–Kier alpha value is -1.02. The van der Waals surface area contributed by atoms with Gasteiger partial charge in [0.25, 0.3) is 0 Å². The van der Waals surface area contributed by atoms with Crippen molar-refractivity contribution in [2.45, 2.75) is 33.1 Å². The molecule has 1 unspecified atom stereocenters. The molecular formula is C15H23NO. The molecule has 1 aromatic rings. The van der Waals surface area contributed by atoms with E-state index in [-0.39, 0.29) is 0 Å². The fourth-order valence-corrected chi connectivity index (χ4v) is 2.72. The second-order valence-electron chi connectivity index (χ2n) is 5.44. The Morgan fingerprint density at radius 1 is 1.29 bits per heavy atom. The average Bonchev–Trinajstić information content (AvgIpc) is 2.76. The zero-order valence-corrected chi connectivity index (χ0v) is 10.9. The van der Waals surface area contributed by atoms with Gasteiger partial charge in [0.2, 0.25) is 0 Å². The van der Waals surface area contributed by atoms with Gasteiger partial charge < -0.3 is 10.0 Å². The fourth-order valence-electron chi connectivity index (χ4n) is 2.72. The number of benzene rings is 1. The number of nitrogens with zero attached hydrogens (tertiary/aromatic N) is 1. The quantitative estimate of drug-likeness (QED) is 0.864. The molecule has 1 heterocycles. The molecule has 0 spiro atoms. The smallest absolute Gasteiger partial charge is 0.118 e. The van der Waals surface area contributed by atoms with Crippen LogP contribution in [0, 0.1) is 12.8 Å². The van der Waals surface area contributed by atoms with Crippen LogP contribution < -0.4 is 0 Å². The van der Waals surface area contributed by atoms with Crippen LogP contribution >= 0.6 is 0 Å². The molecule has 1 aromatic carbocycles. The monoisotopic (exact) mass is 233 g/mol. The summed E-state index contributed by atoms with van der Waals surface area (Å²) in [5.41, 5.74) is 2.32. The average molecular weight is 233 g/mol. The minimum Gasteiger partial charge on any atom is -0.508 e. The molecule has 0 bridgehead atoms. The predicted molar refractivity (Wildman–Crippen MR) is 71.4 cm³/mol. The number of aryl methyl sites for hydroxylation is 1. The molecule has 1 fully saturated rings. The molecule has 0 aromatic heterocycles. The summed E-state index contributed by atoms with van der Waals surface area (Å²) in [6, 6.07) is 5.96. The van der Waals surface area contributed by atoms with Crippen molar-refractivity contribution in [3.63, 3.8) is 0 Å². The van der Waals surface area contributed by atoms with Gasteiger partial charge in [0.1, 0.15) is 5.75 Å². The summed E-state index contributed by atoms with van der Waals surface area (Å²) < 4.78 is 0. The van der Waals surface area contributed by atoms with E-state index in [1.807, 2.05) is 19.1 Å². The maximum Gasteiger partial charge on any atom is 0.118 e. The Morgan fingerprint density at radius 3 is 2.65 bits per heavy atom. The lowest BCUT2D eigenvalue weighted by atomic mass is 9.99. The van der Waals surface area contributed by atoms with Crippen molar-refractivity contribution in [3.8, 4) is 5.75 Å². The summed E-state index contributed by atoms with van der Waals surface area (Å²) in [7, 11) is 0. The van der Waals surface area contributed by atoms with E-state index in [0.717, 1.165) is 12.0 Å². The summed E-state index contributed by atoms with van der Waals surface area (Å²) >= 11 is 0. The third kappa shape index (κ3) is 3.47. The molecular weight excluding hydrogens is 210 g/mol. The topological polar surface area (TPSA) is 23.5 Å². The van der Waals surface area contributed by atoms with Crippen LogP contribution in [-0.4, -0.2) is 29.6 Å². The van der Waals surface area contributed by atoms with Gasteiger partial charge in [-0.3, -0.25) is 0 Å². The highest BCUT2D eigenvalue weighted by atomic mass is 16.3. The molecule has 1 aliphatic rings. The molecule has 1 N–H and O–H groups in total. The highest BCUT2D eigenvalue weighted by Crippen LogP contribution is 2.20. The number of rotatable bonds is 4. The molecule has 0 radical (unpaired) electrons. The molecule has 2 heteroatoms. The van der Waals surface area contributed by atoms with E-state index in [0.29, 0.717) is 11.7 Å². The maximum absolute atomic E-state index is 9.50. The minimum absolute atomic E-state index is 0.404. The SMILES string of the molecule is Cc1cc(CC(C)CN2CCCC2)ccc1O.